The second-order valence-electron chi connectivity index (χ2n) is 4.06. The van der Waals surface area contributed by atoms with Gasteiger partial charge >= 0.3 is 5.97 Å². The molecule has 1 aromatic rings. The minimum atomic E-state index is -0.122. The number of halogens is 1. The predicted molar refractivity (Wildman–Crippen MR) is 78.6 cm³/mol. The third-order valence-electron chi connectivity index (χ3n) is 2.54. The molecule has 17 heavy (non-hydrogen) atoms. The normalized spacial score (nSPS) is 10.2. The van der Waals surface area contributed by atoms with Crippen LogP contribution in [0.1, 0.15) is 44.6 Å². The highest BCUT2D eigenvalue weighted by molar-refractivity contribution is 14.1. The lowest BCUT2D eigenvalue weighted by molar-refractivity contribution is -0.134. The SMILES string of the molecule is CCCCCCC(=O)Oc1ccc(CI)cc1. The summed E-state index contributed by atoms with van der Waals surface area (Å²) in [5.41, 5.74) is 1.24. The van der Waals surface area contributed by atoms with Crippen molar-refractivity contribution in [3.05, 3.63) is 29.8 Å². The largest absolute Gasteiger partial charge is 0.427 e. The molecule has 94 valence electrons. The van der Waals surface area contributed by atoms with Crippen LogP contribution in [0.15, 0.2) is 24.3 Å². The van der Waals surface area contributed by atoms with E-state index in [-0.39, 0.29) is 5.97 Å². The lowest BCUT2D eigenvalue weighted by Crippen LogP contribution is -2.07. The number of hydrogen-bond acceptors (Lipinski definition) is 2. The van der Waals surface area contributed by atoms with E-state index < -0.39 is 0 Å². The van der Waals surface area contributed by atoms with Crippen LogP contribution in [0.2, 0.25) is 0 Å². The van der Waals surface area contributed by atoms with E-state index in [9.17, 15) is 4.79 Å². The molecule has 1 rings (SSSR count). The number of rotatable bonds is 7. The van der Waals surface area contributed by atoms with Gasteiger partial charge in [0.1, 0.15) is 5.75 Å². The molecule has 0 N–H and O–H groups in total. The molecule has 0 saturated carbocycles. The van der Waals surface area contributed by atoms with Gasteiger partial charge in [0.05, 0.1) is 0 Å². The number of ether oxygens (including phenoxy) is 1. The fourth-order valence-corrected chi connectivity index (χ4v) is 2.03. The van der Waals surface area contributed by atoms with Gasteiger partial charge in [-0.2, -0.15) is 0 Å². The van der Waals surface area contributed by atoms with E-state index in [1.54, 1.807) is 0 Å². The number of alkyl halides is 1. The number of carbonyl (C=O) groups is 1. The average molecular weight is 346 g/mol. The molecule has 0 amide bonds. The topological polar surface area (TPSA) is 26.3 Å². The van der Waals surface area contributed by atoms with E-state index in [4.69, 9.17) is 4.74 Å². The van der Waals surface area contributed by atoms with Crippen molar-refractivity contribution in [3.63, 3.8) is 0 Å². The summed E-state index contributed by atoms with van der Waals surface area (Å²) in [4.78, 5) is 11.5. The number of esters is 1. The Balaban J connectivity index is 2.29. The van der Waals surface area contributed by atoms with Crippen molar-refractivity contribution < 1.29 is 9.53 Å². The van der Waals surface area contributed by atoms with Crippen LogP contribution < -0.4 is 4.74 Å². The van der Waals surface area contributed by atoms with Crippen molar-refractivity contribution in [1.82, 2.24) is 0 Å². The first-order chi connectivity index (χ1) is 8.26. The van der Waals surface area contributed by atoms with Crippen molar-refractivity contribution in [3.8, 4) is 5.75 Å². The third-order valence-corrected chi connectivity index (χ3v) is 3.42. The highest BCUT2D eigenvalue weighted by Crippen LogP contribution is 2.15. The molecule has 2 nitrogen and oxygen atoms in total. The molecule has 0 spiro atoms. The molecule has 0 aliphatic carbocycles. The van der Waals surface area contributed by atoms with Crippen LogP contribution in [0.25, 0.3) is 0 Å². The molecule has 0 bridgehead atoms. The number of benzene rings is 1. The summed E-state index contributed by atoms with van der Waals surface area (Å²) in [5, 5.41) is 0. The van der Waals surface area contributed by atoms with Gasteiger partial charge in [-0.1, -0.05) is 60.9 Å². The Morgan fingerprint density at radius 2 is 1.88 bits per heavy atom. The van der Waals surface area contributed by atoms with Crippen LogP contribution in [0.5, 0.6) is 5.75 Å². The molecule has 1 aromatic carbocycles. The van der Waals surface area contributed by atoms with Crippen molar-refractivity contribution in [2.24, 2.45) is 0 Å². The molecule has 0 saturated heterocycles. The summed E-state index contributed by atoms with van der Waals surface area (Å²) < 4.78 is 6.23. The highest BCUT2D eigenvalue weighted by atomic mass is 127. The minimum Gasteiger partial charge on any atom is -0.427 e. The standard InChI is InChI=1S/C14H19IO2/c1-2-3-4-5-6-14(16)17-13-9-7-12(11-15)8-10-13/h7-10H,2-6,11H2,1H3. The summed E-state index contributed by atoms with van der Waals surface area (Å²) in [6, 6.07) is 7.70. The molecule has 0 heterocycles. The molecular weight excluding hydrogens is 327 g/mol. The summed E-state index contributed by atoms with van der Waals surface area (Å²) in [6.07, 6.45) is 4.94. The van der Waals surface area contributed by atoms with Crippen molar-refractivity contribution >= 4 is 28.6 Å². The molecule has 0 aliphatic rings. The molecule has 0 radical (unpaired) electrons. The Morgan fingerprint density at radius 3 is 2.47 bits per heavy atom. The van der Waals surface area contributed by atoms with Crippen LogP contribution in [0.3, 0.4) is 0 Å². The molecule has 0 aromatic heterocycles. The molecule has 0 unspecified atom stereocenters. The number of hydrogen-bond donors (Lipinski definition) is 0. The first-order valence-electron chi connectivity index (χ1n) is 6.12. The van der Waals surface area contributed by atoms with E-state index in [2.05, 4.69) is 29.5 Å². The molecule has 3 heteroatoms. The maximum atomic E-state index is 11.5. The van der Waals surface area contributed by atoms with Crippen molar-refractivity contribution in [2.45, 2.75) is 43.5 Å². The zero-order valence-corrected chi connectivity index (χ0v) is 12.4. The van der Waals surface area contributed by atoms with Crippen molar-refractivity contribution in [1.29, 1.82) is 0 Å². The van der Waals surface area contributed by atoms with Crippen LogP contribution in [0, 0.1) is 0 Å². The van der Waals surface area contributed by atoms with Gasteiger partial charge < -0.3 is 4.74 Å². The van der Waals surface area contributed by atoms with E-state index in [0.29, 0.717) is 12.2 Å². The maximum Gasteiger partial charge on any atom is 0.311 e. The zero-order valence-electron chi connectivity index (χ0n) is 10.2. The fourth-order valence-electron chi connectivity index (χ4n) is 1.53. The van der Waals surface area contributed by atoms with Gasteiger partial charge in [-0.25, -0.2) is 0 Å². The number of carbonyl (C=O) groups excluding carboxylic acids is 1. The van der Waals surface area contributed by atoms with Gasteiger partial charge in [-0.05, 0) is 24.1 Å². The van der Waals surface area contributed by atoms with Gasteiger partial charge in [-0.15, -0.1) is 0 Å². The first kappa shape index (κ1) is 14.5. The van der Waals surface area contributed by atoms with Gasteiger partial charge in [0.25, 0.3) is 0 Å². The lowest BCUT2D eigenvalue weighted by atomic mass is 10.1. The quantitative estimate of drug-likeness (QED) is 0.239. The van der Waals surface area contributed by atoms with E-state index in [1.807, 2.05) is 24.3 Å². The highest BCUT2D eigenvalue weighted by Gasteiger charge is 2.04. The monoisotopic (exact) mass is 346 g/mol. The minimum absolute atomic E-state index is 0.122. The third kappa shape index (κ3) is 6.05. The van der Waals surface area contributed by atoms with Crippen LogP contribution in [-0.2, 0) is 9.22 Å². The zero-order chi connectivity index (χ0) is 12.5. The summed E-state index contributed by atoms with van der Waals surface area (Å²) in [7, 11) is 0. The fraction of sp³-hybridized carbons (Fsp3) is 0.500. The first-order valence-corrected chi connectivity index (χ1v) is 7.64. The van der Waals surface area contributed by atoms with Gasteiger partial charge in [-0.3, -0.25) is 4.79 Å². The predicted octanol–water partition coefficient (Wildman–Crippen LogP) is 4.50. The van der Waals surface area contributed by atoms with E-state index >= 15 is 0 Å². The van der Waals surface area contributed by atoms with Gasteiger partial charge in [0.2, 0.25) is 0 Å². The van der Waals surface area contributed by atoms with Crippen LogP contribution >= 0.6 is 22.6 Å². The number of unbranched alkanes of at least 4 members (excludes halogenated alkanes) is 3. The van der Waals surface area contributed by atoms with Crippen LogP contribution in [0.4, 0.5) is 0 Å². The summed E-state index contributed by atoms with van der Waals surface area (Å²) in [5.74, 6) is 0.530. The molecule has 0 fully saturated rings. The van der Waals surface area contributed by atoms with Gasteiger partial charge in [0, 0.05) is 10.8 Å². The Bertz CT molecular complexity index is 333. The van der Waals surface area contributed by atoms with E-state index in [0.717, 1.165) is 17.3 Å². The second kappa shape index (κ2) is 8.50. The van der Waals surface area contributed by atoms with Gasteiger partial charge in [0.15, 0.2) is 0 Å². The molecule has 0 atom stereocenters. The Hall–Kier alpha value is -0.580. The maximum absolute atomic E-state index is 11.5. The second-order valence-corrected chi connectivity index (χ2v) is 4.83. The average Bonchev–Trinajstić information content (AvgIpc) is 2.36. The summed E-state index contributed by atoms with van der Waals surface area (Å²) >= 11 is 2.31. The molecular formula is C14H19IO2. The summed E-state index contributed by atoms with van der Waals surface area (Å²) in [6.45, 7) is 2.16. The smallest absolute Gasteiger partial charge is 0.311 e. The Kier molecular flexibility index (Phi) is 7.24. The molecule has 0 aliphatic heterocycles. The van der Waals surface area contributed by atoms with E-state index in [1.165, 1.54) is 18.4 Å². The van der Waals surface area contributed by atoms with Crippen molar-refractivity contribution in [2.75, 3.05) is 0 Å². The Morgan fingerprint density at radius 1 is 1.18 bits per heavy atom. The van der Waals surface area contributed by atoms with Crippen LogP contribution in [-0.4, -0.2) is 5.97 Å². The Labute approximate surface area is 117 Å². The lowest BCUT2D eigenvalue weighted by Gasteiger charge is -2.04.